The van der Waals surface area contributed by atoms with E-state index in [1.54, 1.807) is 11.8 Å². The Kier molecular flexibility index (Phi) is 14.7. The molecular formula is C22H32ClNO5S2. The molecule has 0 bridgehead atoms. The predicted octanol–water partition coefficient (Wildman–Crippen LogP) is 3.47. The van der Waals surface area contributed by atoms with Crippen LogP contribution in [0.2, 0.25) is 0 Å². The molecule has 0 saturated heterocycles. The number of benzene rings is 1. The van der Waals surface area contributed by atoms with Crippen LogP contribution in [0.1, 0.15) is 24.5 Å². The Morgan fingerprint density at radius 1 is 1.16 bits per heavy atom. The van der Waals surface area contributed by atoms with Crippen LogP contribution in [0, 0.1) is 12.8 Å². The van der Waals surface area contributed by atoms with Gasteiger partial charge >= 0.3 is 5.97 Å². The largest absolute Gasteiger partial charge is 0.462 e. The van der Waals surface area contributed by atoms with Gasteiger partial charge in [-0.25, -0.2) is 4.79 Å². The number of amides is 1. The second-order valence-corrected chi connectivity index (χ2v) is 9.50. The van der Waals surface area contributed by atoms with Crippen molar-refractivity contribution in [3.05, 3.63) is 35.4 Å². The van der Waals surface area contributed by atoms with E-state index < -0.39 is 17.9 Å². The second-order valence-electron chi connectivity index (χ2n) is 6.94. The van der Waals surface area contributed by atoms with E-state index in [2.05, 4.69) is 5.32 Å². The fraction of sp³-hybridized carbons (Fsp3) is 0.591. The fourth-order valence-corrected chi connectivity index (χ4v) is 4.07. The molecule has 0 aliphatic carbocycles. The molecule has 6 nitrogen and oxygen atoms in total. The molecule has 0 radical (unpaired) electrons. The van der Waals surface area contributed by atoms with Gasteiger partial charge in [0.25, 0.3) is 0 Å². The van der Waals surface area contributed by atoms with Crippen LogP contribution in [-0.2, 0) is 30.3 Å². The number of halogens is 1. The Bertz CT molecular complexity index is 704. The maximum absolute atomic E-state index is 13.1. The average Bonchev–Trinajstić information content (AvgIpc) is 2.74. The minimum atomic E-state index is -0.741. The Morgan fingerprint density at radius 3 is 2.55 bits per heavy atom. The molecule has 1 aromatic rings. The average molecular weight is 490 g/mol. The van der Waals surface area contributed by atoms with Gasteiger partial charge in [0.2, 0.25) is 5.91 Å². The van der Waals surface area contributed by atoms with Gasteiger partial charge in [-0.2, -0.15) is 11.8 Å². The summed E-state index contributed by atoms with van der Waals surface area (Å²) in [4.78, 5) is 37.1. The first-order chi connectivity index (χ1) is 14.9. The van der Waals surface area contributed by atoms with Gasteiger partial charge in [0.1, 0.15) is 12.6 Å². The number of alkyl halides is 1. The van der Waals surface area contributed by atoms with Crippen LogP contribution in [0.25, 0.3) is 0 Å². The minimum absolute atomic E-state index is 0.0436. The summed E-state index contributed by atoms with van der Waals surface area (Å²) in [5.41, 5.74) is 2.13. The zero-order valence-corrected chi connectivity index (χ0v) is 20.7. The van der Waals surface area contributed by atoms with Gasteiger partial charge in [-0.15, -0.1) is 11.6 Å². The van der Waals surface area contributed by atoms with Crippen LogP contribution in [0.5, 0.6) is 0 Å². The lowest BCUT2D eigenvalue weighted by atomic mass is 9.96. The number of thioether (sulfide) groups is 2. The Hall–Kier alpha value is -1.22. The maximum atomic E-state index is 13.1. The van der Waals surface area contributed by atoms with Crippen molar-refractivity contribution in [2.24, 2.45) is 5.92 Å². The molecule has 0 heterocycles. The molecule has 0 saturated carbocycles. The standard InChI is InChI=1S/C22H32ClNO5S2/c1-16-6-4-5-7-18(16)14-19(15-31-17(2)25)21(26)24-20(8-13-30-3)22(27)29-12-11-28-10-9-23/h4-7,19-20H,8-15H2,1-3H3,(H,24,26)/t19-,20+/m1/s1. The van der Waals surface area contributed by atoms with Gasteiger partial charge in [0.05, 0.1) is 19.1 Å². The van der Waals surface area contributed by atoms with E-state index in [0.29, 0.717) is 36.8 Å². The number of hydrogen-bond donors (Lipinski definition) is 1. The first-order valence-electron chi connectivity index (χ1n) is 10.2. The number of nitrogens with one attached hydrogen (secondary N) is 1. The first kappa shape index (κ1) is 27.8. The van der Waals surface area contributed by atoms with E-state index in [0.717, 1.165) is 22.9 Å². The second kappa shape index (κ2) is 16.4. The molecule has 2 atom stereocenters. The molecule has 9 heteroatoms. The lowest BCUT2D eigenvalue weighted by Gasteiger charge is -2.22. The van der Waals surface area contributed by atoms with Crippen LogP contribution in [0.4, 0.5) is 0 Å². The first-order valence-corrected chi connectivity index (χ1v) is 13.1. The van der Waals surface area contributed by atoms with Gasteiger partial charge in [0, 0.05) is 18.6 Å². The third-order valence-corrected chi connectivity index (χ3v) is 6.27. The zero-order valence-electron chi connectivity index (χ0n) is 18.4. The summed E-state index contributed by atoms with van der Waals surface area (Å²) in [5, 5.41) is 2.81. The summed E-state index contributed by atoms with van der Waals surface area (Å²) in [6.45, 7) is 4.23. The van der Waals surface area contributed by atoms with Crippen molar-refractivity contribution in [3.8, 4) is 0 Å². The maximum Gasteiger partial charge on any atom is 0.328 e. The molecule has 1 rings (SSSR count). The monoisotopic (exact) mass is 489 g/mol. The Labute approximate surface area is 198 Å². The molecule has 0 aliphatic heterocycles. The van der Waals surface area contributed by atoms with Crippen LogP contribution < -0.4 is 5.32 Å². The highest BCUT2D eigenvalue weighted by Gasteiger charge is 2.27. The van der Waals surface area contributed by atoms with E-state index in [1.807, 2.05) is 37.4 Å². The summed E-state index contributed by atoms with van der Waals surface area (Å²) in [6.07, 6.45) is 2.90. The highest BCUT2D eigenvalue weighted by atomic mass is 35.5. The van der Waals surface area contributed by atoms with E-state index in [-0.39, 0.29) is 24.2 Å². The van der Waals surface area contributed by atoms with Crippen molar-refractivity contribution in [2.45, 2.75) is 32.7 Å². The number of carbonyl (C=O) groups excluding carboxylic acids is 3. The number of carbonyl (C=O) groups is 3. The number of hydrogen-bond acceptors (Lipinski definition) is 7. The third-order valence-electron chi connectivity index (χ3n) is 4.49. The molecule has 1 N–H and O–H groups in total. The van der Waals surface area contributed by atoms with Gasteiger partial charge < -0.3 is 14.8 Å². The predicted molar refractivity (Wildman–Crippen MR) is 129 cm³/mol. The van der Waals surface area contributed by atoms with Crippen molar-refractivity contribution < 1.29 is 23.9 Å². The molecule has 0 fully saturated rings. The number of rotatable bonds is 15. The van der Waals surface area contributed by atoms with Crippen molar-refractivity contribution in [3.63, 3.8) is 0 Å². The lowest BCUT2D eigenvalue weighted by Crippen LogP contribution is -2.46. The highest BCUT2D eigenvalue weighted by Crippen LogP contribution is 2.19. The fourth-order valence-electron chi connectivity index (χ4n) is 2.78. The molecule has 0 aliphatic rings. The quantitative estimate of drug-likeness (QED) is 0.229. The SMILES string of the molecule is CSCC[C@H](NC(=O)[C@@H](CSC(C)=O)Cc1ccccc1C)C(=O)OCCOCCCl. The Balaban J connectivity index is 2.80. The highest BCUT2D eigenvalue weighted by molar-refractivity contribution is 8.13. The van der Waals surface area contributed by atoms with E-state index >= 15 is 0 Å². The van der Waals surface area contributed by atoms with Crippen LogP contribution in [0.3, 0.4) is 0 Å². The van der Waals surface area contributed by atoms with Gasteiger partial charge in [-0.1, -0.05) is 36.0 Å². The van der Waals surface area contributed by atoms with Crippen LogP contribution in [-0.4, -0.2) is 66.5 Å². The summed E-state index contributed by atoms with van der Waals surface area (Å²) in [5.74, 6) is 0.260. The lowest BCUT2D eigenvalue weighted by molar-refractivity contribution is -0.149. The molecular weight excluding hydrogens is 458 g/mol. The molecule has 1 amide bonds. The molecule has 0 aromatic heterocycles. The third kappa shape index (κ3) is 11.8. The van der Waals surface area contributed by atoms with Gasteiger partial charge in [-0.05, 0) is 42.9 Å². The smallest absolute Gasteiger partial charge is 0.328 e. The minimum Gasteiger partial charge on any atom is -0.462 e. The van der Waals surface area contributed by atoms with Crippen molar-refractivity contribution in [1.82, 2.24) is 5.32 Å². The Morgan fingerprint density at radius 2 is 1.90 bits per heavy atom. The zero-order chi connectivity index (χ0) is 23.1. The van der Waals surface area contributed by atoms with Crippen LogP contribution in [0.15, 0.2) is 24.3 Å². The van der Waals surface area contributed by atoms with E-state index in [4.69, 9.17) is 21.1 Å². The number of aryl methyl sites for hydroxylation is 1. The van der Waals surface area contributed by atoms with Crippen molar-refractivity contribution in [2.75, 3.05) is 43.5 Å². The van der Waals surface area contributed by atoms with E-state index in [1.165, 1.54) is 6.92 Å². The van der Waals surface area contributed by atoms with E-state index in [9.17, 15) is 14.4 Å². The van der Waals surface area contributed by atoms with Crippen LogP contribution >= 0.6 is 35.1 Å². The summed E-state index contributed by atoms with van der Waals surface area (Å²) < 4.78 is 10.5. The van der Waals surface area contributed by atoms with Crippen molar-refractivity contribution in [1.29, 1.82) is 0 Å². The van der Waals surface area contributed by atoms with Crippen molar-refractivity contribution >= 4 is 52.1 Å². The summed E-state index contributed by atoms with van der Waals surface area (Å²) in [6, 6.07) is 7.11. The molecule has 0 spiro atoms. The number of ether oxygens (including phenoxy) is 2. The molecule has 1 aromatic carbocycles. The number of esters is 1. The normalized spacial score (nSPS) is 12.8. The van der Waals surface area contributed by atoms with Gasteiger partial charge in [-0.3, -0.25) is 9.59 Å². The molecule has 31 heavy (non-hydrogen) atoms. The summed E-state index contributed by atoms with van der Waals surface area (Å²) in [7, 11) is 0. The molecule has 174 valence electrons. The van der Waals surface area contributed by atoms with Gasteiger partial charge in [0.15, 0.2) is 5.12 Å². The molecule has 0 unspecified atom stereocenters. The summed E-state index contributed by atoms with van der Waals surface area (Å²) >= 11 is 8.25. The topological polar surface area (TPSA) is 81.7 Å².